The number of H-pyrrole nitrogens is 1. The second-order valence-corrected chi connectivity index (χ2v) is 5.43. The van der Waals surface area contributed by atoms with Gasteiger partial charge in [-0.25, -0.2) is 4.98 Å². The Hall–Kier alpha value is -2.14. The number of hydrogen-bond acceptors (Lipinski definition) is 3. The molecule has 1 aromatic carbocycles. The summed E-state index contributed by atoms with van der Waals surface area (Å²) >= 11 is 3.38. The molecule has 3 rings (SSSR count). The Balaban J connectivity index is 2.11. The third kappa shape index (κ3) is 2.56. The molecule has 0 spiro atoms. The lowest BCUT2D eigenvalue weighted by molar-refractivity contribution is 0.103. The van der Waals surface area contributed by atoms with E-state index in [1.54, 1.807) is 24.5 Å². The van der Waals surface area contributed by atoms with Gasteiger partial charge in [0.05, 0.1) is 12.2 Å². The number of aromatic amines is 1. The number of ketones is 1. The fourth-order valence-corrected chi connectivity index (χ4v) is 2.58. The number of ether oxygens (including phenoxy) is 1. The number of halogens is 1. The summed E-state index contributed by atoms with van der Waals surface area (Å²) in [6.45, 7) is 2.42. The molecule has 21 heavy (non-hydrogen) atoms. The van der Waals surface area contributed by atoms with Crippen molar-refractivity contribution in [1.29, 1.82) is 0 Å². The van der Waals surface area contributed by atoms with E-state index >= 15 is 0 Å². The van der Waals surface area contributed by atoms with Crippen molar-refractivity contribution < 1.29 is 9.53 Å². The summed E-state index contributed by atoms with van der Waals surface area (Å²) in [6.07, 6.45) is 3.39. The minimum atomic E-state index is -0.0785. The number of nitrogens with one attached hydrogen (secondary N) is 1. The number of hydrogen-bond donors (Lipinski definition) is 1. The molecule has 0 atom stereocenters. The average molecular weight is 345 g/mol. The number of fused-ring (bicyclic) bond motifs is 1. The van der Waals surface area contributed by atoms with Crippen LogP contribution in [0.4, 0.5) is 0 Å². The van der Waals surface area contributed by atoms with Crippen LogP contribution in [0.5, 0.6) is 5.75 Å². The summed E-state index contributed by atoms with van der Waals surface area (Å²) in [7, 11) is 0. The van der Waals surface area contributed by atoms with Gasteiger partial charge in [-0.15, -0.1) is 0 Å². The fraction of sp³-hybridized carbons (Fsp3) is 0.125. The van der Waals surface area contributed by atoms with Crippen LogP contribution in [0.1, 0.15) is 22.8 Å². The van der Waals surface area contributed by atoms with Crippen LogP contribution in [0.25, 0.3) is 11.0 Å². The first-order chi connectivity index (χ1) is 10.2. The molecule has 1 N–H and O–H groups in total. The molecular weight excluding hydrogens is 332 g/mol. The molecule has 5 heteroatoms. The van der Waals surface area contributed by atoms with E-state index in [9.17, 15) is 4.79 Å². The van der Waals surface area contributed by atoms with Gasteiger partial charge >= 0.3 is 0 Å². The molecule has 0 amide bonds. The number of carbonyl (C=O) groups excluding carboxylic acids is 1. The summed E-state index contributed by atoms with van der Waals surface area (Å²) in [4.78, 5) is 20.1. The molecule has 0 aliphatic carbocycles. The molecule has 0 unspecified atom stereocenters. The molecular formula is C16H13BrN2O2. The maximum absolute atomic E-state index is 12.8. The third-order valence-corrected chi connectivity index (χ3v) is 3.61. The van der Waals surface area contributed by atoms with E-state index in [1.807, 2.05) is 25.1 Å². The molecule has 0 aliphatic heterocycles. The SMILES string of the molecule is CCOc1ccccc1C(=O)c1c[nH]c2ncc(Br)cc12. The molecule has 0 aliphatic rings. The minimum absolute atomic E-state index is 0.0785. The Morgan fingerprint density at radius 3 is 2.95 bits per heavy atom. The number of rotatable bonds is 4. The van der Waals surface area contributed by atoms with E-state index in [1.165, 1.54) is 0 Å². The van der Waals surface area contributed by atoms with E-state index in [0.717, 1.165) is 9.86 Å². The van der Waals surface area contributed by atoms with Gasteiger partial charge < -0.3 is 9.72 Å². The summed E-state index contributed by atoms with van der Waals surface area (Å²) in [5.41, 5.74) is 1.83. The zero-order valence-corrected chi connectivity index (χ0v) is 13.0. The van der Waals surface area contributed by atoms with E-state index in [2.05, 4.69) is 25.9 Å². The first kappa shape index (κ1) is 13.8. The van der Waals surface area contributed by atoms with Gasteiger partial charge in [0, 0.05) is 27.8 Å². The average Bonchev–Trinajstić information content (AvgIpc) is 2.90. The molecule has 0 radical (unpaired) electrons. The molecule has 0 saturated carbocycles. The van der Waals surface area contributed by atoms with Crippen LogP contribution < -0.4 is 4.74 Å². The van der Waals surface area contributed by atoms with E-state index in [-0.39, 0.29) is 5.78 Å². The molecule has 2 aromatic heterocycles. The van der Waals surface area contributed by atoms with Gasteiger partial charge in [-0.2, -0.15) is 0 Å². The largest absolute Gasteiger partial charge is 0.493 e. The number of nitrogens with zero attached hydrogens (tertiary/aromatic N) is 1. The molecule has 106 valence electrons. The molecule has 0 saturated heterocycles. The van der Waals surface area contributed by atoms with Crippen molar-refractivity contribution in [3.05, 3.63) is 58.3 Å². The van der Waals surface area contributed by atoms with Gasteiger partial charge in [0.25, 0.3) is 0 Å². The number of benzene rings is 1. The van der Waals surface area contributed by atoms with Gasteiger partial charge in [-0.3, -0.25) is 4.79 Å². The number of para-hydroxylation sites is 1. The highest BCUT2D eigenvalue weighted by Crippen LogP contribution is 2.26. The number of pyridine rings is 1. The van der Waals surface area contributed by atoms with Crippen LogP contribution in [0, 0.1) is 0 Å². The second-order valence-electron chi connectivity index (χ2n) is 4.51. The quantitative estimate of drug-likeness (QED) is 0.729. The lowest BCUT2D eigenvalue weighted by atomic mass is 10.0. The van der Waals surface area contributed by atoms with Crippen molar-refractivity contribution in [3.8, 4) is 5.75 Å². The first-order valence-electron chi connectivity index (χ1n) is 6.60. The predicted octanol–water partition coefficient (Wildman–Crippen LogP) is 3.96. The van der Waals surface area contributed by atoms with Crippen molar-refractivity contribution in [1.82, 2.24) is 9.97 Å². The lowest BCUT2D eigenvalue weighted by Crippen LogP contribution is -2.04. The van der Waals surface area contributed by atoms with E-state index in [4.69, 9.17) is 4.74 Å². The zero-order valence-electron chi connectivity index (χ0n) is 11.4. The van der Waals surface area contributed by atoms with Crippen molar-refractivity contribution in [2.24, 2.45) is 0 Å². The Morgan fingerprint density at radius 1 is 1.33 bits per heavy atom. The van der Waals surface area contributed by atoms with Crippen LogP contribution in [-0.2, 0) is 0 Å². The summed E-state index contributed by atoms with van der Waals surface area (Å²) < 4.78 is 6.37. The predicted molar refractivity (Wildman–Crippen MR) is 84.8 cm³/mol. The maximum Gasteiger partial charge on any atom is 0.198 e. The Morgan fingerprint density at radius 2 is 2.14 bits per heavy atom. The van der Waals surface area contributed by atoms with Crippen LogP contribution in [0.3, 0.4) is 0 Å². The van der Waals surface area contributed by atoms with Gasteiger partial charge in [0.1, 0.15) is 11.4 Å². The second kappa shape index (κ2) is 5.69. The molecule has 3 aromatic rings. The van der Waals surface area contributed by atoms with E-state index in [0.29, 0.717) is 29.1 Å². The van der Waals surface area contributed by atoms with Gasteiger partial charge in [-0.05, 0) is 41.1 Å². The molecule has 4 nitrogen and oxygen atoms in total. The highest BCUT2D eigenvalue weighted by Gasteiger charge is 2.18. The van der Waals surface area contributed by atoms with Gasteiger partial charge in [0.15, 0.2) is 5.78 Å². The molecule has 2 heterocycles. The van der Waals surface area contributed by atoms with Gasteiger partial charge in [-0.1, -0.05) is 12.1 Å². The smallest absolute Gasteiger partial charge is 0.198 e. The minimum Gasteiger partial charge on any atom is -0.493 e. The maximum atomic E-state index is 12.8. The Kier molecular flexibility index (Phi) is 3.75. The summed E-state index contributed by atoms with van der Waals surface area (Å²) in [5, 5.41) is 0.792. The Labute approximate surface area is 130 Å². The molecule has 0 fully saturated rings. The normalized spacial score (nSPS) is 10.8. The van der Waals surface area contributed by atoms with Crippen LogP contribution in [0.15, 0.2) is 47.2 Å². The van der Waals surface area contributed by atoms with Crippen LogP contribution in [-0.4, -0.2) is 22.4 Å². The fourth-order valence-electron chi connectivity index (χ4n) is 2.25. The highest BCUT2D eigenvalue weighted by molar-refractivity contribution is 9.10. The van der Waals surface area contributed by atoms with Crippen molar-refractivity contribution in [2.45, 2.75) is 6.92 Å². The Bertz CT molecular complexity index is 811. The van der Waals surface area contributed by atoms with Crippen molar-refractivity contribution in [3.63, 3.8) is 0 Å². The zero-order chi connectivity index (χ0) is 14.8. The first-order valence-corrected chi connectivity index (χ1v) is 7.39. The highest BCUT2D eigenvalue weighted by atomic mass is 79.9. The lowest BCUT2D eigenvalue weighted by Gasteiger charge is -2.08. The third-order valence-electron chi connectivity index (χ3n) is 3.17. The summed E-state index contributed by atoms with van der Waals surface area (Å²) in [5.74, 6) is 0.521. The van der Waals surface area contributed by atoms with Crippen molar-refractivity contribution in [2.75, 3.05) is 6.61 Å². The van der Waals surface area contributed by atoms with Crippen LogP contribution >= 0.6 is 15.9 Å². The summed E-state index contributed by atoms with van der Waals surface area (Å²) in [6, 6.07) is 9.15. The topological polar surface area (TPSA) is 55.0 Å². The van der Waals surface area contributed by atoms with E-state index < -0.39 is 0 Å². The monoisotopic (exact) mass is 344 g/mol. The van der Waals surface area contributed by atoms with Crippen LogP contribution in [0.2, 0.25) is 0 Å². The van der Waals surface area contributed by atoms with Gasteiger partial charge in [0.2, 0.25) is 0 Å². The van der Waals surface area contributed by atoms with Crippen molar-refractivity contribution >= 4 is 32.7 Å². The molecule has 0 bridgehead atoms. The number of carbonyl (C=O) groups is 1. The standard InChI is InChI=1S/C16H13BrN2O2/c1-2-21-14-6-4-3-5-11(14)15(20)13-9-19-16-12(13)7-10(17)8-18-16/h3-9H,2H2,1H3,(H,18,19). The number of aromatic nitrogens is 2.